The number of nitrogens with zero attached hydrogens (tertiary/aromatic N) is 1. The van der Waals surface area contributed by atoms with Gasteiger partial charge >= 0.3 is 0 Å². The highest BCUT2D eigenvalue weighted by Gasteiger charge is 2.03. The summed E-state index contributed by atoms with van der Waals surface area (Å²) in [5.74, 6) is 0.686. The fraction of sp³-hybridized carbons (Fsp3) is 1.00. The van der Waals surface area contributed by atoms with E-state index in [1.54, 1.807) is 0 Å². The van der Waals surface area contributed by atoms with Gasteiger partial charge in [-0.25, -0.2) is 0 Å². The Kier molecular flexibility index (Phi) is 6.39. The van der Waals surface area contributed by atoms with E-state index in [-0.39, 0.29) is 0 Å². The van der Waals surface area contributed by atoms with Crippen molar-refractivity contribution >= 4 is 0 Å². The van der Waals surface area contributed by atoms with Crippen LogP contribution < -0.4 is 5.73 Å². The summed E-state index contributed by atoms with van der Waals surface area (Å²) < 4.78 is 0. The maximum Gasteiger partial charge on any atom is 0.00355 e. The Bertz CT molecular complexity index is 102. The molecule has 0 aromatic heterocycles. The van der Waals surface area contributed by atoms with Crippen LogP contribution in [-0.4, -0.2) is 31.1 Å². The van der Waals surface area contributed by atoms with Gasteiger partial charge in [-0.05, 0) is 52.7 Å². The van der Waals surface area contributed by atoms with Crippen LogP contribution in [0.15, 0.2) is 0 Å². The molecule has 0 rings (SSSR count). The molecule has 1 atom stereocenters. The molecule has 0 aliphatic heterocycles. The van der Waals surface area contributed by atoms with Gasteiger partial charge in [0.1, 0.15) is 0 Å². The van der Waals surface area contributed by atoms with Crippen LogP contribution in [0.5, 0.6) is 0 Å². The molecule has 0 spiro atoms. The Morgan fingerprint density at radius 1 is 1.25 bits per heavy atom. The highest BCUT2D eigenvalue weighted by molar-refractivity contribution is 4.59. The zero-order chi connectivity index (χ0) is 9.56. The second-order valence-electron chi connectivity index (χ2n) is 4.06. The van der Waals surface area contributed by atoms with Gasteiger partial charge in [0, 0.05) is 6.04 Å². The third-order valence-corrected chi connectivity index (χ3v) is 2.49. The largest absolute Gasteiger partial charge is 0.330 e. The van der Waals surface area contributed by atoms with Crippen molar-refractivity contribution in [3.8, 4) is 0 Å². The zero-order valence-electron chi connectivity index (χ0n) is 9.01. The Labute approximate surface area is 77.1 Å². The quantitative estimate of drug-likeness (QED) is 0.661. The maximum atomic E-state index is 5.54. The topological polar surface area (TPSA) is 29.3 Å². The fourth-order valence-electron chi connectivity index (χ4n) is 1.07. The minimum absolute atomic E-state index is 0.665. The zero-order valence-corrected chi connectivity index (χ0v) is 9.01. The lowest BCUT2D eigenvalue weighted by Gasteiger charge is -2.21. The third-order valence-electron chi connectivity index (χ3n) is 2.49. The van der Waals surface area contributed by atoms with Crippen molar-refractivity contribution in [1.29, 1.82) is 0 Å². The molecule has 0 saturated carbocycles. The van der Waals surface area contributed by atoms with Crippen LogP contribution in [0.1, 0.15) is 33.6 Å². The summed E-state index contributed by atoms with van der Waals surface area (Å²) in [6.45, 7) is 8.70. The molecule has 0 bridgehead atoms. The molecule has 0 saturated heterocycles. The van der Waals surface area contributed by atoms with Gasteiger partial charge in [0.2, 0.25) is 0 Å². The molecule has 0 fully saturated rings. The van der Waals surface area contributed by atoms with E-state index in [0.29, 0.717) is 12.0 Å². The first-order valence-electron chi connectivity index (χ1n) is 4.98. The summed E-state index contributed by atoms with van der Waals surface area (Å²) in [6, 6.07) is 0.665. The summed E-state index contributed by atoms with van der Waals surface area (Å²) in [5.41, 5.74) is 5.54. The third kappa shape index (κ3) is 5.56. The van der Waals surface area contributed by atoms with Crippen molar-refractivity contribution in [2.45, 2.75) is 39.7 Å². The summed E-state index contributed by atoms with van der Waals surface area (Å²) in [7, 11) is 2.18. The van der Waals surface area contributed by atoms with Crippen molar-refractivity contribution in [3.05, 3.63) is 0 Å². The molecule has 2 N–H and O–H groups in total. The Balaban J connectivity index is 3.30. The van der Waals surface area contributed by atoms with Crippen LogP contribution in [0.3, 0.4) is 0 Å². The van der Waals surface area contributed by atoms with Crippen molar-refractivity contribution in [1.82, 2.24) is 4.90 Å². The second kappa shape index (κ2) is 6.44. The molecule has 12 heavy (non-hydrogen) atoms. The van der Waals surface area contributed by atoms with Gasteiger partial charge in [0.25, 0.3) is 0 Å². The number of rotatable bonds is 6. The molecule has 0 aromatic carbocycles. The lowest BCUT2D eigenvalue weighted by Crippen LogP contribution is -2.27. The molecule has 74 valence electrons. The molecule has 1 unspecified atom stereocenters. The Morgan fingerprint density at radius 2 is 1.83 bits per heavy atom. The van der Waals surface area contributed by atoms with Crippen LogP contribution >= 0.6 is 0 Å². The van der Waals surface area contributed by atoms with E-state index < -0.39 is 0 Å². The first-order chi connectivity index (χ1) is 5.57. The average molecular weight is 172 g/mol. The van der Waals surface area contributed by atoms with E-state index in [1.165, 1.54) is 19.4 Å². The molecule has 0 radical (unpaired) electrons. The van der Waals surface area contributed by atoms with E-state index in [2.05, 4.69) is 32.7 Å². The van der Waals surface area contributed by atoms with Crippen LogP contribution in [0.2, 0.25) is 0 Å². The lowest BCUT2D eigenvalue weighted by atomic mass is 10.1. The smallest absolute Gasteiger partial charge is 0.00355 e. The standard InChI is InChI=1S/C10H24N2/c1-9(2)12(4)7-5-6-10(3)8-11/h9-10H,5-8,11H2,1-4H3. The van der Waals surface area contributed by atoms with Crippen LogP contribution in [0.4, 0.5) is 0 Å². The predicted molar refractivity (Wildman–Crippen MR) is 55.2 cm³/mol. The Hall–Kier alpha value is -0.0800. The average Bonchev–Trinajstić information content (AvgIpc) is 2.03. The van der Waals surface area contributed by atoms with Gasteiger partial charge in [-0.15, -0.1) is 0 Å². The predicted octanol–water partition coefficient (Wildman–Crippen LogP) is 1.70. The lowest BCUT2D eigenvalue weighted by molar-refractivity contribution is 0.262. The highest BCUT2D eigenvalue weighted by Crippen LogP contribution is 2.05. The maximum absolute atomic E-state index is 5.54. The molecular weight excluding hydrogens is 148 g/mol. The second-order valence-corrected chi connectivity index (χ2v) is 4.06. The number of hydrogen-bond acceptors (Lipinski definition) is 2. The first kappa shape index (κ1) is 11.9. The molecule has 0 aromatic rings. The van der Waals surface area contributed by atoms with Gasteiger partial charge in [-0.2, -0.15) is 0 Å². The molecule has 0 heterocycles. The molecule has 2 heteroatoms. The van der Waals surface area contributed by atoms with Crippen LogP contribution in [0.25, 0.3) is 0 Å². The van der Waals surface area contributed by atoms with Gasteiger partial charge in [0.05, 0.1) is 0 Å². The SMILES string of the molecule is CC(CN)CCCN(C)C(C)C. The fourth-order valence-corrected chi connectivity index (χ4v) is 1.07. The van der Waals surface area contributed by atoms with Crippen molar-refractivity contribution in [2.75, 3.05) is 20.1 Å². The summed E-state index contributed by atoms with van der Waals surface area (Å²) in [4.78, 5) is 2.38. The normalized spacial score (nSPS) is 14.2. The van der Waals surface area contributed by atoms with Crippen molar-refractivity contribution in [3.63, 3.8) is 0 Å². The molecule has 0 aliphatic rings. The number of nitrogens with two attached hydrogens (primary N) is 1. The van der Waals surface area contributed by atoms with Gasteiger partial charge in [-0.1, -0.05) is 6.92 Å². The minimum Gasteiger partial charge on any atom is -0.330 e. The summed E-state index contributed by atoms with van der Waals surface area (Å²) in [5, 5.41) is 0. The summed E-state index contributed by atoms with van der Waals surface area (Å²) in [6.07, 6.45) is 2.53. The Morgan fingerprint density at radius 3 is 2.25 bits per heavy atom. The first-order valence-corrected chi connectivity index (χ1v) is 4.98. The van der Waals surface area contributed by atoms with Gasteiger partial charge in [-0.3, -0.25) is 0 Å². The van der Waals surface area contributed by atoms with Crippen LogP contribution in [0, 0.1) is 5.92 Å². The van der Waals surface area contributed by atoms with E-state index in [4.69, 9.17) is 5.73 Å². The molecule has 0 aliphatic carbocycles. The van der Waals surface area contributed by atoms with E-state index in [9.17, 15) is 0 Å². The molecule has 0 amide bonds. The number of hydrogen-bond donors (Lipinski definition) is 1. The van der Waals surface area contributed by atoms with Crippen molar-refractivity contribution < 1.29 is 0 Å². The van der Waals surface area contributed by atoms with E-state index in [0.717, 1.165) is 6.54 Å². The van der Waals surface area contributed by atoms with Gasteiger partial charge in [0.15, 0.2) is 0 Å². The minimum atomic E-state index is 0.665. The van der Waals surface area contributed by atoms with Gasteiger partial charge < -0.3 is 10.6 Å². The van der Waals surface area contributed by atoms with Crippen LogP contribution in [-0.2, 0) is 0 Å². The van der Waals surface area contributed by atoms with E-state index >= 15 is 0 Å². The van der Waals surface area contributed by atoms with E-state index in [1.807, 2.05) is 0 Å². The highest BCUT2D eigenvalue weighted by atomic mass is 15.1. The monoisotopic (exact) mass is 172 g/mol. The summed E-state index contributed by atoms with van der Waals surface area (Å²) >= 11 is 0. The molecule has 2 nitrogen and oxygen atoms in total. The molecular formula is C10H24N2. The van der Waals surface area contributed by atoms with Crippen molar-refractivity contribution in [2.24, 2.45) is 11.7 Å².